The molecule has 1 heterocycles. The summed E-state index contributed by atoms with van der Waals surface area (Å²) in [6, 6.07) is 5.34. The van der Waals surface area contributed by atoms with E-state index in [4.69, 9.17) is 0 Å². The summed E-state index contributed by atoms with van der Waals surface area (Å²) in [5.41, 5.74) is 2.06. The predicted octanol–water partition coefficient (Wildman–Crippen LogP) is 2.43. The fraction of sp³-hybridized carbons (Fsp3) is 0.400. The number of alkyl halides is 2. The van der Waals surface area contributed by atoms with E-state index in [0.717, 1.165) is 15.4 Å². The van der Waals surface area contributed by atoms with Crippen molar-refractivity contribution in [2.45, 2.75) is 13.1 Å². The van der Waals surface area contributed by atoms with Crippen LogP contribution in [-0.4, -0.2) is 20.3 Å². The highest BCUT2D eigenvalue weighted by molar-refractivity contribution is 5.80. The summed E-state index contributed by atoms with van der Waals surface area (Å²) in [4.78, 5) is 2.01. The van der Waals surface area contributed by atoms with Gasteiger partial charge in [-0.25, -0.2) is 0 Å². The van der Waals surface area contributed by atoms with E-state index < -0.39 is 6.17 Å². The summed E-state index contributed by atoms with van der Waals surface area (Å²) in [6.45, 7) is 1.84. The first kappa shape index (κ1) is 9.24. The molecule has 0 unspecified atom stereocenters. The van der Waals surface area contributed by atoms with Gasteiger partial charge in [0.25, 0.3) is 0 Å². The summed E-state index contributed by atoms with van der Waals surface area (Å²) >= 11 is 0. The largest absolute Gasteiger partial charge is 0.413 e. The van der Waals surface area contributed by atoms with Crippen molar-refractivity contribution in [2.24, 2.45) is 0 Å². The molecule has 1 aromatic carbocycles. The molecular weight excluding hydrogens is 186 g/mol. The van der Waals surface area contributed by atoms with Crippen molar-refractivity contribution in [1.82, 2.24) is 0 Å². The minimum atomic E-state index is -2.92. The molecule has 0 N–H and O–H groups in total. The Morgan fingerprint density at radius 3 is 2.36 bits per heavy atom. The summed E-state index contributed by atoms with van der Waals surface area (Å²) in [5, 5.41) is 0. The van der Waals surface area contributed by atoms with Gasteiger partial charge in [-0.2, -0.15) is 8.78 Å². The molecule has 0 aliphatic carbocycles. The number of aryl methyl sites for hydroxylation is 1. The van der Waals surface area contributed by atoms with E-state index in [9.17, 15) is 8.78 Å². The fourth-order valence-electron chi connectivity index (χ4n) is 1.85. The number of halogens is 2. The van der Waals surface area contributed by atoms with E-state index in [1.54, 1.807) is 12.1 Å². The second-order valence-corrected chi connectivity index (χ2v) is 3.57. The van der Waals surface area contributed by atoms with Crippen LogP contribution in [0.5, 0.6) is 0 Å². The number of nitrogens with zero attached hydrogens (tertiary/aromatic N) is 2. The van der Waals surface area contributed by atoms with E-state index in [2.05, 4.69) is 0 Å². The second kappa shape index (κ2) is 2.59. The van der Waals surface area contributed by atoms with Gasteiger partial charge in [-0.05, 0) is 18.6 Å². The van der Waals surface area contributed by atoms with Gasteiger partial charge >= 0.3 is 6.17 Å². The summed E-state index contributed by atoms with van der Waals surface area (Å²) < 4.78 is 27.1. The van der Waals surface area contributed by atoms with Gasteiger partial charge in [-0.3, -0.25) is 9.80 Å². The van der Waals surface area contributed by atoms with Crippen LogP contribution < -0.4 is 9.80 Å². The van der Waals surface area contributed by atoms with Crippen molar-refractivity contribution in [2.75, 3.05) is 23.9 Å². The van der Waals surface area contributed by atoms with Gasteiger partial charge in [0, 0.05) is 14.1 Å². The number of hydrogen-bond acceptors (Lipinski definition) is 2. The molecule has 0 spiro atoms. The average Bonchev–Trinajstić information content (AvgIpc) is 2.30. The number of para-hydroxylation sites is 1. The SMILES string of the molecule is Cc1cccc2c1N(C)C(F)(F)N2C. The standard InChI is InChI=1S/C10H12F2N2/c1-7-5-4-6-8-9(7)14(3)10(11,12)13(8)2/h4-6H,1-3H3. The lowest BCUT2D eigenvalue weighted by Gasteiger charge is -2.26. The number of anilines is 2. The van der Waals surface area contributed by atoms with Crippen molar-refractivity contribution < 1.29 is 8.78 Å². The van der Waals surface area contributed by atoms with Crippen molar-refractivity contribution >= 4 is 11.4 Å². The summed E-state index contributed by atoms with van der Waals surface area (Å²) in [6.07, 6.45) is -2.92. The van der Waals surface area contributed by atoms with Gasteiger partial charge < -0.3 is 0 Å². The Balaban J connectivity index is 2.64. The van der Waals surface area contributed by atoms with Crippen molar-refractivity contribution in [1.29, 1.82) is 0 Å². The lowest BCUT2D eigenvalue weighted by atomic mass is 10.1. The zero-order chi connectivity index (χ0) is 10.5. The Bertz CT molecular complexity index is 376. The van der Waals surface area contributed by atoms with Crippen LogP contribution in [0.25, 0.3) is 0 Å². The van der Waals surface area contributed by atoms with Gasteiger partial charge in [0.05, 0.1) is 11.4 Å². The van der Waals surface area contributed by atoms with Crippen LogP contribution in [0.3, 0.4) is 0 Å². The van der Waals surface area contributed by atoms with Crippen LogP contribution in [0.4, 0.5) is 20.2 Å². The Morgan fingerprint density at radius 2 is 1.79 bits per heavy atom. The van der Waals surface area contributed by atoms with Crippen LogP contribution >= 0.6 is 0 Å². The molecule has 2 rings (SSSR count). The minimum absolute atomic E-state index is 0.581. The van der Waals surface area contributed by atoms with E-state index in [1.807, 2.05) is 13.0 Å². The van der Waals surface area contributed by atoms with E-state index in [1.165, 1.54) is 14.1 Å². The molecule has 1 aliphatic rings. The number of rotatable bonds is 0. The molecule has 14 heavy (non-hydrogen) atoms. The van der Waals surface area contributed by atoms with Crippen LogP contribution in [0.15, 0.2) is 18.2 Å². The summed E-state index contributed by atoms with van der Waals surface area (Å²) in [5.74, 6) is 0. The maximum absolute atomic E-state index is 13.6. The molecule has 0 amide bonds. The zero-order valence-corrected chi connectivity index (χ0v) is 8.38. The highest BCUT2D eigenvalue weighted by atomic mass is 19.3. The highest BCUT2D eigenvalue weighted by Crippen LogP contribution is 2.46. The first-order valence-corrected chi connectivity index (χ1v) is 4.41. The van der Waals surface area contributed by atoms with Crippen LogP contribution in [-0.2, 0) is 0 Å². The fourth-order valence-corrected chi connectivity index (χ4v) is 1.85. The van der Waals surface area contributed by atoms with Gasteiger partial charge in [-0.15, -0.1) is 0 Å². The maximum Gasteiger partial charge on any atom is 0.413 e. The molecule has 0 radical (unpaired) electrons. The molecule has 4 heteroatoms. The minimum Gasteiger partial charge on any atom is -0.295 e. The third-order valence-electron chi connectivity index (χ3n) is 2.72. The van der Waals surface area contributed by atoms with Crippen LogP contribution in [0.2, 0.25) is 0 Å². The van der Waals surface area contributed by atoms with Crippen molar-refractivity contribution in [3.8, 4) is 0 Å². The molecule has 1 aliphatic heterocycles. The number of hydrogen-bond donors (Lipinski definition) is 0. The van der Waals surface area contributed by atoms with Crippen molar-refractivity contribution in [3.63, 3.8) is 0 Å². The maximum atomic E-state index is 13.6. The number of benzene rings is 1. The van der Waals surface area contributed by atoms with Gasteiger partial charge in [0.15, 0.2) is 0 Å². The molecular formula is C10H12F2N2. The second-order valence-electron chi connectivity index (χ2n) is 3.57. The smallest absolute Gasteiger partial charge is 0.295 e. The van der Waals surface area contributed by atoms with Crippen molar-refractivity contribution in [3.05, 3.63) is 23.8 Å². The third-order valence-corrected chi connectivity index (χ3v) is 2.72. The number of fused-ring (bicyclic) bond motifs is 1. The Labute approximate surface area is 81.7 Å². The first-order valence-electron chi connectivity index (χ1n) is 4.41. The Morgan fingerprint density at radius 1 is 1.14 bits per heavy atom. The first-order chi connectivity index (χ1) is 6.46. The van der Waals surface area contributed by atoms with E-state index in [0.29, 0.717) is 11.4 Å². The monoisotopic (exact) mass is 198 g/mol. The highest BCUT2D eigenvalue weighted by Gasteiger charge is 2.48. The molecule has 0 atom stereocenters. The van der Waals surface area contributed by atoms with Gasteiger partial charge in [0.2, 0.25) is 0 Å². The average molecular weight is 198 g/mol. The van der Waals surface area contributed by atoms with E-state index >= 15 is 0 Å². The predicted molar refractivity (Wildman–Crippen MR) is 52.9 cm³/mol. The van der Waals surface area contributed by atoms with Crippen LogP contribution in [0, 0.1) is 6.92 Å². The quantitative estimate of drug-likeness (QED) is 0.591. The lowest BCUT2D eigenvalue weighted by molar-refractivity contribution is 0.0122. The topological polar surface area (TPSA) is 6.48 Å². The van der Waals surface area contributed by atoms with Gasteiger partial charge in [-0.1, -0.05) is 12.1 Å². The molecule has 0 bridgehead atoms. The normalized spacial score (nSPS) is 18.6. The zero-order valence-electron chi connectivity index (χ0n) is 8.38. The van der Waals surface area contributed by atoms with Gasteiger partial charge in [0.1, 0.15) is 0 Å². The lowest BCUT2D eigenvalue weighted by Crippen LogP contribution is -2.46. The Hall–Kier alpha value is -1.32. The van der Waals surface area contributed by atoms with E-state index in [-0.39, 0.29) is 0 Å². The molecule has 0 aromatic heterocycles. The molecule has 0 saturated heterocycles. The molecule has 0 saturated carbocycles. The summed E-state index contributed by atoms with van der Waals surface area (Å²) in [7, 11) is 2.82. The molecule has 2 nitrogen and oxygen atoms in total. The van der Waals surface area contributed by atoms with Crippen LogP contribution in [0.1, 0.15) is 5.56 Å². The molecule has 0 fully saturated rings. The third kappa shape index (κ3) is 0.937. The molecule has 76 valence electrons. The molecule has 1 aromatic rings. The Kier molecular flexibility index (Phi) is 1.71.